The Morgan fingerprint density at radius 2 is 2.11 bits per heavy atom. The molecule has 2 N–H and O–H groups in total. The van der Waals surface area contributed by atoms with E-state index in [1.54, 1.807) is 12.1 Å². The largest absolute Gasteiger partial charge is 0.504 e. The molecule has 0 amide bonds. The van der Waals surface area contributed by atoms with Crippen molar-refractivity contribution in [2.75, 3.05) is 33.6 Å². The second-order valence-corrected chi connectivity index (χ2v) is 8.32. The lowest BCUT2D eigenvalue weighted by Crippen LogP contribution is -2.50. The monoisotopic (exact) mass is 439 g/mol. The number of benzene rings is 1. The quantitative estimate of drug-likeness (QED) is 0.702. The molecule has 0 bridgehead atoms. The predicted molar refractivity (Wildman–Crippen MR) is 104 cm³/mol. The van der Waals surface area contributed by atoms with Gasteiger partial charge in [0.05, 0.1) is 27.1 Å². The Bertz CT molecular complexity index is 731. The average Bonchev–Trinajstić information content (AvgIpc) is 3.12. The van der Waals surface area contributed by atoms with E-state index >= 15 is 0 Å². The summed E-state index contributed by atoms with van der Waals surface area (Å²) in [7, 11) is 1.54. The third-order valence-electron chi connectivity index (χ3n) is 6.04. The van der Waals surface area contributed by atoms with E-state index in [0.717, 1.165) is 42.3 Å². The number of aliphatic hydroxyl groups is 1. The summed E-state index contributed by atoms with van der Waals surface area (Å²) in [5.74, 6) is 0.397. The minimum atomic E-state index is -0.531. The van der Waals surface area contributed by atoms with Crippen molar-refractivity contribution in [3.8, 4) is 11.5 Å². The Hall–Kier alpha value is -1.12. The molecule has 6 nitrogen and oxygen atoms in total. The lowest BCUT2D eigenvalue weighted by atomic mass is 9.74. The molecule has 2 aliphatic heterocycles. The molecule has 0 saturated carbocycles. The Morgan fingerprint density at radius 1 is 1.33 bits per heavy atom. The number of hydrogen-bond acceptors (Lipinski definition) is 6. The number of aromatic hydroxyl groups is 1. The summed E-state index contributed by atoms with van der Waals surface area (Å²) in [4.78, 5) is 2.13. The highest BCUT2D eigenvalue weighted by Gasteiger charge is 2.44. The molecule has 2 fully saturated rings. The maximum atomic E-state index is 10.2. The van der Waals surface area contributed by atoms with Crippen LogP contribution in [0.2, 0.25) is 0 Å². The number of nitrogens with zero attached hydrogens (tertiary/aromatic N) is 1. The van der Waals surface area contributed by atoms with E-state index in [4.69, 9.17) is 14.2 Å². The third-order valence-corrected chi connectivity index (χ3v) is 6.78. The van der Waals surface area contributed by atoms with Gasteiger partial charge in [0.2, 0.25) is 0 Å². The summed E-state index contributed by atoms with van der Waals surface area (Å²) in [5, 5.41) is 20.1. The SMILES string of the molecule is COc1cc(Br)c(CC2C3CCC4(C=C3CCN2CO)OCCO4)cc1O. The van der Waals surface area contributed by atoms with Crippen molar-refractivity contribution >= 4 is 15.9 Å². The van der Waals surface area contributed by atoms with Crippen LogP contribution in [0, 0.1) is 5.92 Å². The number of ether oxygens (including phenoxy) is 3. The van der Waals surface area contributed by atoms with Gasteiger partial charge in [-0.3, -0.25) is 4.90 Å². The van der Waals surface area contributed by atoms with Gasteiger partial charge in [-0.1, -0.05) is 21.5 Å². The fourth-order valence-electron chi connectivity index (χ4n) is 4.67. The average molecular weight is 440 g/mol. The second kappa shape index (κ2) is 7.72. The van der Waals surface area contributed by atoms with Gasteiger partial charge in [0.25, 0.3) is 0 Å². The molecule has 1 aromatic carbocycles. The van der Waals surface area contributed by atoms with E-state index in [9.17, 15) is 10.2 Å². The van der Waals surface area contributed by atoms with Crippen molar-refractivity contribution in [3.63, 3.8) is 0 Å². The molecule has 2 unspecified atom stereocenters. The van der Waals surface area contributed by atoms with E-state index in [1.807, 2.05) is 0 Å². The summed E-state index contributed by atoms with van der Waals surface area (Å²) in [5.41, 5.74) is 2.37. The number of hydrogen-bond donors (Lipinski definition) is 2. The molecule has 0 aromatic heterocycles. The molecule has 27 heavy (non-hydrogen) atoms. The van der Waals surface area contributed by atoms with Crippen LogP contribution in [0.4, 0.5) is 0 Å². The summed E-state index contributed by atoms with van der Waals surface area (Å²) in [6.45, 7) is 2.14. The number of likely N-dealkylation sites (tertiary alicyclic amines) is 1. The lowest BCUT2D eigenvalue weighted by molar-refractivity contribution is -0.132. The summed E-state index contributed by atoms with van der Waals surface area (Å²) in [6.07, 6.45) is 5.65. The predicted octanol–water partition coefficient (Wildman–Crippen LogP) is 2.81. The van der Waals surface area contributed by atoms with E-state index < -0.39 is 5.79 Å². The van der Waals surface area contributed by atoms with Crippen LogP contribution in [0.15, 0.2) is 28.3 Å². The molecule has 1 aliphatic carbocycles. The number of halogens is 1. The Balaban J connectivity index is 1.61. The van der Waals surface area contributed by atoms with E-state index in [0.29, 0.717) is 24.9 Å². The topological polar surface area (TPSA) is 71.4 Å². The smallest absolute Gasteiger partial charge is 0.188 e. The zero-order valence-electron chi connectivity index (χ0n) is 15.5. The minimum Gasteiger partial charge on any atom is -0.504 e. The molecule has 4 rings (SSSR count). The Labute approximate surface area is 167 Å². The summed E-state index contributed by atoms with van der Waals surface area (Å²) < 4.78 is 17.9. The number of aliphatic hydroxyl groups excluding tert-OH is 1. The standard InChI is InChI=1S/C20H26BrNO5/c1-25-19-10-16(21)14(9-18(19)24)8-17-15-2-4-20(26-6-7-27-20)11-13(15)3-5-22(17)12-23/h9-11,15,17,23-24H,2-8,12H2,1H3. The molecule has 3 aliphatic rings. The van der Waals surface area contributed by atoms with Crippen LogP contribution in [0.25, 0.3) is 0 Å². The Kier molecular flexibility index (Phi) is 5.49. The van der Waals surface area contributed by atoms with Gasteiger partial charge in [0.1, 0.15) is 0 Å². The van der Waals surface area contributed by atoms with Crippen LogP contribution in [0.5, 0.6) is 11.5 Å². The molecule has 2 saturated heterocycles. The van der Waals surface area contributed by atoms with E-state index in [-0.39, 0.29) is 18.5 Å². The highest BCUT2D eigenvalue weighted by Crippen LogP contribution is 2.44. The zero-order chi connectivity index (χ0) is 19.0. The molecule has 148 valence electrons. The van der Waals surface area contributed by atoms with Crippen LogP contribution in [0.1, 0.15) is 24.8 Å². The number of phenols is 1. The highest BCUT2D eigenvalue weighted by atomic mass is 79.9. The van der Waals surface area contributed by atoms with Crippen molar-refractivity contribution in [2.24, 2.45) is 5.92 Å². The fourth-order valence-corrected chi connectivity index (χ4v) is 5.16. The van der Waals surface area contributed by atoms with Crippen LogP contribution in [-0.2, 0) is 15.9 Å². The number of piperidine rings is 1. The maximum absolute atomic E-state index is 10.2. The normalized spacial score (nSPS) is 27.4. The second-order valence-electron chi connectivity index (χ2n) is 7.46. The molecular formula is C20H26BrNO5. The third kappa shape index (κ3) is 3.63. The minimum absolute atomic E-state index is 0.0341. The molecule has 0 radical (unpaired) electrons. The first-order valence-corrected chi connectivity index (χ1v) is 10.2. The summed E-state index contributed by atoms with van der Waals surface area (Å²) >= 11 is 3.60. The van der Waals surface area contributed by atoms with Gasteiger partial charge in [0.15, 0.2) is 17.3 Å². The van der Waals surface area contributed by atoms with E-state index in [2.05, 4.69) is 26.9 Å². The van der Waals surface area contributed by atoms with Gasteiger partial charge in [-0.15, -0.1) is 0 Å². The number of rotatable bonds is 4. The Morgan fingerprint density at radius 3 is 2.81 bits per heavy atom. The van der Waals surface area contributed by atoms with Gasteiger partial charge in [-0.05, 0) is 49.0 Å². The first-order valence-electron chi connectivity index (χ1n) is 9.45. The number of fused-ring (bicyclic) bond motifs is 1. The van der Waals surface area contributed by atoms with Crippen molar-refractivity contribution in [1.82, 2.24) is 4.90 Å². The van der Waals surface area contributed by atoms with Gasteiger partial charge < -0.3 is 24.4 Å². The molecule has 1 aromatic rings. The molecule has 2 atom stereocenters. The van der Waals surface area contributed by atoms with Gasteiger partial charge in [-0.2, -0.15) is 0 Å². The van der Waals surface area contributed by atoms with Crippen molar-refractivity contribution in [2.45, 2.75) is 37.5 Å². The highest BCUT2D eigenvalue weighted by molar-refractivity contribution is 9.10. The van der Waals surface area contributed by atoms with Crippen molar-refractivity contribution in [3.05, 3.63) is 33.8 Å². The van der Waals surface area contributed by atoms with Crippen LogP contribution < -0.4 is 4.74 Å². The van der Waals surface area contributed by atoms with Gasteiger partial charge in [0, 0.05) is 23.5 Å². The first kappa shape index (κ1) is 19.2. The molecular weight excluding hydrogens is 414 g/mol. The first-order chi connectivity index (χ1) is 13.0. The van der Waals surface area contributed by atoms with Crippen molar-refractivity contribution < 1.29 is 24.4 Å². The molecule has 1 spiro atoms. The van der Waals surface area contributed by atoms with Gasteiger partial charge >= 0.3 is 0 Å². The maximum Gasteiger partial charge on any atom is 0.188 e. The van der Waals surface area contributed by atoms with Crippen LogP contribution in [0.3, 0.4) is 0 Å². The fraction of sp³-hybridized carbons (Fsp3) is 0.600. The number of phenolic OH excluding ortho intramolecular Hbond substituents is 1. The van der Waals surface area contributed by atoms with Crippen LogP contribution in [-0.4, -0.2) is 60.5 Å². The van der Waals surface area contributed by atoms with E-state index in [1.165, 1.54) is 12.7 Å². The van der Waals surface area contributed by atoms with Crippen LogP contribution >= 0.6 is 15.9 Å². The molecule has 7 heteroatoms. The molecule has 2 heterocycles. The lowest BCUT2D eigenvalue weighted by Gasteiger charge is -2.46. The zero-order valence-corrected chi connectivity index (χ0v) is 17.1. The van der Waals surface area contributed by atoms with Crippen molar-refractivity contribution in [1.29, 1.82) is 0 Å². The van der Waals surface area contributed by atoms with Gasteiger partial charge in [-0.25, -0.2) is 0 Å². The number of methoxy groups -OCH3 is 1. The summed E-state index contributed by atoms with van der Waals surface area (Å²) in [6, 6.07) is 3.71.